The number of non-ortho nitro benzene ring substituents is 1. The molecule has 2 atom stereocenters. The summed E-state index contributed by atoms with van der Waals surface area (Å²) < 4.78 is 0. The first-order valence-electron chi connectivity index (χ1n) is 11.4. The van der Waals surface area contributed by atoms with Crippen molar-refractivity contribution in [2.45, 2.75) is 12.5 Å². The highest BCUT2D eigenvalue weighted by Gasteiger charge is 2.43. The fourth-order valence-corrected chi connectivity index (χ4v) is 5.63. The Balaban J connectivity index is 1.36. The van der Waals surface area contributed by atoms with Crippen molar-refractivity contribution in [1.82, 2.24) is 9.80 Å². The van der Waals surface area contributed by atoms with Gasteiger partial charge in [-0.25, -0.2) is 0 Å². The van der Waals surface area contributed by atoms with Crippen LogP contribution in [0.1, 0.15) is 5.56 Å². The van der Waals surface area contributed by atoms with Crippen molar-refractivity contribution in [3.63, 3.8) is 0 Å². The number of hydrogen-bond acceptors (Lipinski definition) is 6. The van der Waals surface area contributed by atoms with E-state index in [1.54, 1.807) is 12.1 Å². The molecule has 3 aliphatic rings. The monoisotopic (exact) mass is 469 g/mol. The van der Waals surface area contributed by atoms with Gasteiger partial charge < -0.3 is 19.6 Å². The number of piperazine rings is 2. The molecule has 2 aromatic carbocycles. The molecule has 8 nitrogen and oxygen atoms in total. The van der Waals surface area contributed by atoms with Crippen LogP contribution in [-0.4, -0.2) is 79.5 Å². The molecule has 0 aromatic heterocycles. The molecular formula is C24H28ClN5O3. The average molecular weight is 470 g/mol. The molecule has 0 spiro atoms. The lowest BCUT2D eigenvalue weighted by Gasteiger charge is -2.49. The highest BCUT2D eigenvalue weighted by atomic mass is 35.5. The van der Waals surface area contributed by atoms with Crippen molar-refractivity contribution in [1.29, 1.82) is 0 Å². The fraction of sp³-hybridized carbons (Fsp3) is 0.458. The lowest BCUT2D eigenvalue weighted by atomic mass is 9.82. The predicted octanol–water partition coefficient (Wildman–Crippen LogP) is 2.89. The van der Waals surface area contributed by atoms with Gasteiger partial charge in [-0.2, -0.15) is 0 Å². The van der Waals surface area contributed by atoms with Gasteiger partial charge in [-0.3, -0.25) is 14.9 Å². The van der Waals surface area contributed by atoms with E-state index in [1.165, 1.54) is 0 Å². The number of halogens is 1. The van der Waals surface area contributed by atoms with E-state index < -0.39 is 0 Å². The van der Waals surface area contributed by atoms with Crippen LogP contribution in [0.4, 0.5) is 17.1 Å². The fourth-order valence-electron chi connectivity index (χ4n) is 5.44. The Bertz CT molecular complexity index is 1070. The number of benzene rings is 2. The quantitative estimate of drug-likeness (QED) is 0.508. The zero-order valence-electron chi connectivity index (χ0n) is 18.7. The first-order chi connectivity index (χ1) is 15.9. The zero-order valence-corrected chi connectivity index (χ0v) is 19.4. The number of carbonyl (C=O) groups is 1. The molecule has 0 saturated carbocycles. The number of hydrogen-bond donors (Lipinski definition) is 0. The number of nitro benzene ring substituents is 1. The maximum atomic E-state index is 13.7. The maximum absolute atomic E-state index is 13.7. The standard InChI is InChI=1S/C24H28ClN5O3/c1-26-7-12-29-22-6-5-20(30(32)33)13-17(22)14-21(23(29)16-26)24(31)28-10-8-27(9-11-28)19-4-2-3-18(25)15-19/h2-6,13,15,21,23H,7-12,14,16H2,1H3. The molecule has 33 heavy (non-hydrogen) atoms. The minimum atomic E-state index is -0.359. The van der Waals surface area contributed by atoms with Crippen molar-refractivity contribution in [2.75, 3.05) is 62.7 Å². The van der Waals surface area contributed by atoms with Gasteiger partial charge in [0.15, 0.2) is 0 Å². The van der Waals surface area contributed by atoms with Crippen LogP contribution in [0.5, 0.6) is 0 Å². The number of nitro groups is 1. The van der Waals surface area contributed by atoms with Crippen molar-refractivity contribution >= 4 is 34.6 Å². The molecule has 2 unspecified atom stereocenters. The Labute approximate surface area is 198 Å². The van der Waals surface area contributed by atoms with E-state index in [-0.39, 0.29) is 28.5 Å². The van der Waals surface area contributed by atoms with Crippen LogP contribution in [0.25, 0.3) is 0 Å². The number of likely N-dealkylation sites (N-methyl/N-ethyl adjacent to an activating group) is 1. The second-order valence-electron chi connectivity index (χ2n) is 9.20. The minimum Gasteiger partial charge on any atom is -0.368 e. The number of nitrogens with zero attached hydrogens (tertiary/aromatic N) is 5. The third kappa shape index (κ3) is 4.25. The molecule has 3 aliphatic heterocycles. The van der Waals surface area contributed by atoms with E-state index in [2.05, 4.69) is 21.7 Å². The average Bonchev–Trinajstić information content (AvgIpc) is 2.82. The molecule has 0 N–H and O–H groups in total. The molecule has 2 saturated heterocycles. The molecule has 0 bridgehead atoms. The van der Waals surface area contributed by atoms with Gasteiger partial charge in [-0.1, -0.05) is 17.7 Å². The van der Waals surface area contributed by atoms with Crippen LogP contribution in [0, 0.1) is 16.0 Å². The van der Waals surface area contributed by atoms with Crippen LogP contribution in [0.3, 0.4) is 0 Å². The van der Waals surface area contributed by atoms with Crippen LogP contribution >= 0.6 is 11.6 Å². The van der Waals surface area contributed by atoms with Crippen LogP contribution in [-0.2, 0) is 11.2 Å². The Morgan fingerprint density at radius 3 is 2.58 bits per heavy atom. The molecule has 2 aromatic rings. The van der Waals surface area contributed by atoms with Gasteiger partial charge in [0.25, 0.3) is 5.69 Å². The topological polar surface area (TPSA) is 73.2 Å². The van der Waals surface area contributed by atoms with Gasteiger partial charge in [0.2, 0.25) is 5.91 Å². The second-order valence-corrected chi connectivity index (χ2v) is 9.63. The highest BCUT2D eigenvalue weighted by Crippen LogP contribution is 2.38. The summed E-state index contributed by atoms with van der Waals surface area (Å²) in [5.74, 6) is -0.0526. The van der Waals surface area contributed by atoms with Gasteiger partial charge >= 0.3 is 0 Å². The SMILES string of the molecule is CN1CCN2c3ccc([N+](=O)[O-])cc3CC(C(=O)N3CCN(c4cccc(Cl)c4)CC3)C2C1. The summed E-state index contributed by atoms with van der Waals surface area (Å²) in [4.78, 5) is 33.5. The molecule has 3 heterocycles. The molecule has 5 rings (SSSR count). The molecule has 2 fully saturated rings. The predicted molar refractivity (Wildman–Crippen MR) is 129 cm³/mol. The van der Waals surface area contributed by atoms with E-state index in [9.17, 15) is 14.9 Å². The van der Waals surface area contributed by atoms with Gasteiger partial charge in [0, 0.05) is 74.3 Å². The van der Waals surface area contributed by atoms with Gasteiger partial charge in [0.1, 0.15) is 0 Å². The summed E-state index contributed by atoms with van der Waals surface area (Å²) in [7, 11) is 2.09. The molecule has 0 aliphatic carbocycles. The van der Waals surface area contributed by atoms with Gasteiger partial charge in [-0.05, 0) is 43.3 Å². The minimum absolute atomic E-state index is 0.0798. The van der Waals surface area contributed by atoms with E-state index in [0.29, 0.717) is 24.5 Å². The number of rotatable bonds is 3. The lowest BCUT2D eigenvalue weighted by molar-refractivity contribution is -0.384. The number of anilines is 2. The molecule has 0 radical (unpaired) electrons. The third-order valence-corrected chi connectivity index (χ3v) is 7.43. The summed E-state index contributed by atoms with van der Waals surface area (Å²) in [6, 6.07) is 13.0. The molecule has 9 heteroatoms. The largest absolute Gasteiger partial charge is 0.368 e. The summed E-state index contributed by atoms with van der Waals surface area (Å²) in [6.07, 6.45) is 0.541. The Kier molecular flexibility index (Phi) is 5.88. The summed E-state index contributed by atoms with van der Waals surface area (Å²) >= 11 is 6.15. The van der Waals surface area contributed by atoms with Gasteiger partial charge in [-0.15, -0.1) is 0 Å². The van der Waals surface area contributed by atoms with Crippen molar-refractivity contribution in [3.8, 4) is 0 Å². The van der Waals surface area contributed by atoms with Crippen molar-refractivity contribution in [2.24, 2.45) is 5.92 Å². The van der Waals surface area contributed by atoms with E-state index in [1.807, 2.05) is 35.2 Å². The van der Waals surface area contributed by atoms with E-state index in [0.717, 1.165) is 49.7 Å². The second kappa shape index (κ2) is 8.83. The summed E-state index contributed by atoms with van der Waals surface area (Å²) in [5.41, 5.74) is 3.10. The summed E-state index contributed by atoms with van der Waals surface area (Å²) in [5, 5.41) is 12.1. The molecule has 1 amide bonds. The Hall–Kier alpha value is -2.84. The van der Waals surface area contributed by atoms with E-state index >= 15 is 0 Å². The summed E-state index contributed by atoms with van der Waals surface area (Å²) in [6.45, 7) is 5.38. The lowest BCUT2D eigenvalue weighted by Crippen LogP contribution is -2.61. The highest BCUT2D eigenvalue weighted by molar-refractivity contribution is 6.30. The first kappa shape index (κ1) is 22.0. The third-order valence-electron chi connectivity index (χ3n) is 7.19. The zero-order chi connectivity index (χ0) is 23.1. The van der Waals surface area contributed by atoms with E-state index in [4.69, 9.17) is 11.6 Å². The van der Waals surface area contributed by atoms with Crippen molar-refractivity contribution < 1.29 is 9.72 Å². The number of carbonyl (C=O) groups excluding carboxylic acids is 1. The van der Waals surface area contributed by atoms with Gasteiger partial charge in [0.05, 0.1) is 16.9 Å². The molecule has 174 valence electrons. The number of amides is 1. The van der Waals surface area contributed by atoms with Crippen LogP contribution < -0.4 is 9.80 Å². The normalized spacial score (nSPS) is 23.2. The Morgan fingerprint density at radius 2 is 1.85 bits per heavy atom. The van der Waals surface area contributed by atoms with Crippen LogP contribution in [0.2, 0.25) is 5.02 Å². The maximum Gasteiger partial charge on any atom is 0.269 e. The van der Waals surface area contributed by atoms with Crippen LogP contribution in [0.15, 0.2) is 42.5 Å². The Morgan fingerprint density at radius 1 is 1.06 bits per heavy atom. The smallest absolute Gasteiger partial charge is 0.269 e. The first-order valence-corrected chi connectivity index (χ1v) is 11.8. The number of fused-ring (bicyclic) bond motifs is 3. The molecular weight excluding hydrogens is 442 g/mol. The van der Waals surface area contributed by atoms with Crippen molar-refractivity contribution in [3.05, 3.63) is 63.2 Å².